The van der Waals surface area contributed by atoms with Crippen LogP contribution in [0.5, 0.6) is 5.75 Å². The van der Waals surface area contributed by atoms with E-state index in [0.29, 0.717) is 28.2 Å². The van der Waals surface area contributed by atoms with Gasteiger partial charge in [-0.1, -0.05) is 12.1 Å². The first-order chi connectivity index (χ1) is 16.4. The van der Waals surface area contributed by atoms with Gasteiger partial charge in [0.05, 0.1) is 18.9 Å². The molecule has 0 saturated carbocycles. The van der Waals surface area contributed by atoms with Crippen LogP contribution in [0, 0.1) is 0 Å². The van der Waals surface area contributed by atoms with Crippen molar-refractivity contribution in [3.05, 3.63) is 89.8 Å². The number of Topliss-reactive ketones (excluding diaryl/α,β-unsaturated/α-hetero) is 1. The summed E-state index contributed by atoms with van der Waals surface area (Å²) in [7, 11) is 5.33. The fourth-order valence-electron chi connectivity index (χ4n) is 4.17. The van der Waals surface area contributed by atoms with E-state index in [1.807, 2.05) is 31.1 Å². The van der Waals surface area contributed by atoms with E-state index in [1.165, 1.54) is 18.3 Å². The lowest BCUT2D eigenvalue weighted by atomic mass is 9.99. The average molecular weight is 458 g/mol. The zero-order chi connectivity index (χ0) is 24.0. The van der Waals surface area contributed by atoms with Gasteiger partial charge >= 0.3 is 0 Å². The summed E-state index contributed by atoms with van der Waals surface area (Å²) >= 11 is 0. The number of amides is 1. The van der Waals surface area contributed by atoms with Gasteiger partial charge < -0.3 is 23.6 Å². The van der Waals surface area contributed by atoms with Gasteiger partial charge in [-0.3, -0.25) is 14.5 Å². The number of aliphatic hydroxyl groups excluding tert-OH is 1. The summed E-state index contributed by atoms with van der Waals surface area (Å²) < 4.78 is 16.7. The lowest BCUT2D eigenvalue weighted by Crippen LogP contribution is -2.30. The molecule has 1 aliphatic heterocycles. The normalized spacial score (nSPS) is 15.9. The van der Waals surface area contributed by atoms with Gasteiger partial charge in [0, 0.05) is 30.9 Å². The number of rotatable bonds is 6. The first-order valence-electron chi connectivity index (χ1n) is 10.6. The third-order valence-corrected chi connectivity index (χ3v) is 5.86. The van der Waals surface area contributed by atoms with Crippen LogP contribution in [0.4, 0.5) is 11.4 Å². The molecule has 0 radical (unpaired) electrons. The van der Waals surface area contributed by atoms with Crippen LogP contribution in [0.2, 0.25) is 0 Å². The van der Waals surface area contributed by atoms with E-state index in [9.17, 15) is 14.7 Å². The minimum absolute atomic E-state index is 0.0183. The molecule has 4 aromatic rings. The lowest BCUT2D eigenvalue weighted by Gasteiger charge is -2.25. The molecule has 2 aromatic carbocycles. The van der Waals surface area contributed by atoms with E-state index >= 15 is 0 Å². The van der Waals surface area contributed by atoms with Crippen molar-refractivity contribution < 1.29 is 28.3 Å². The predicted octanol–water partition coefficient (Wildman–Crippen LogP) is 4.88. The average Bonchev–Trinajstić information content (AvgIpc) is 3.57. The molecule has 1 amide bonds. The molecule has 1 unspecified atom stereocenters. The second kappa shape index (κ2) is 8.15. The Kier molecular flexibility index (Phi) is 5.13. The molecule has 2 aromatic heterocycles. The number of ether oxygens (including phenoxy) is 1. The van der Waals surface area contributed by atoms with E-state index in [-0.39, 0.29) is 11.3 Å². The monoisotopic (exact) mass is 458 g/mol. The Morgan fingerprint density at radius 2 is 1.85 bits per heavy atom. The molecule has 0 spiro atoms. The van der Waals surface area contributed by atoms with Crippen LogP contribution in [0.3, 0.4) is 0 Å². The van der Waals surface area contributed by atoms with Crippen molar-refractivity contribution in [1.29, 1.82) is 0 Å². The Labute approximate surface area is 195 Å². The van der Waals surface area contributed by atoms with E-state index < -0.39 is 23.5 Å². The highest BCUT2D eigenvalue weighted by Crippen LogP contribution is 2.43. The molecule has 1 N–H and O–H groups in total. The van der Waals surface area contributed by atoms with Crippen molar-refractivity contribution in [2.45, 2.75) is 6.04 Å². The Bertz CT molecular complexity index is 1410. The third kappa shape index (κ3) is 3.31. The van der Waals surface area contributed by atoms with Gasteiger partial charge in [0.1, 0.15) is 11.8 Å². The zero-order valence-corrected chi connectivity index (χ0v) is 18.8. The molecule has 8 heteroatoms. The summed E-state index contributed by atoms with van der Waals surface area (Å²) in [4.78, 5) is 30.1. The molecular weight excluding hydrogens is 436 g/mol. The van der Waals surface area contributed by atoms with Crippen LogP contribution in [-0.4, -0.2) is 38.0 Å². The van der Waals surface area contributed by atoms with Gasteiger partial charge in [-0.2, -0.15) is 0 Å². The van der Waals surface area contributed by atoms with Crippen molar-refractivity contribution >= 4 is 34.0 Å². The van der Waals surface area contributed by atoms with Crippen molar-refractivity contribution in [3.8, 4) is 5.75 Å². The first kappa shape index (κ1) is 21.4. The predicted molar refractivity (Wildman–Crippen MR) is 126 cm³/mol. The molecule has 1 atom stereocenters. The second-order valence-electron chi connectivity index (χ2n) is 8.08. The number of para-hydroxylation sites is 1. The Hall–Kier alpha value is -4.46. The number of nitrogens with zero attached hydrogens (tertiary/aromatic N) is 2. The number of benzene rings is 2. The summed E-state index contributed by atoms with van der Waals surface area (Å²) in [6, 6.07) is 16.4. The number of carbonyl (C=O) groups excluding carboxylic acids is 2. The first-order valence-corrected chi connectivity index (χ1v) is 10.6. The standard InChI is InChI=1S/C26H22N2O6/c1-27(2)16-9-11-17(12-10-16)28-22(18-8-5-13-33-18)21(24(30)26(28)31)23(29)20-14-15-6-4-7-19(32-3)25(15)34-20/h4-14,22,30H,1-3H3. The van der Waals surface area contributed by atoms with E-state index in [1.54, 1.807) is 48.5 Å². The van der Waals surface area contributed by atoms with Gasteiger partial charge in [-0.15, -0.1) is 0 Å². The molecule has 5 rings (SSSR count). The zero-order valence-electron chi connectivity index (χ0n) is 18.8. The van der Waals surface area contributed by atoms with Crippen LogP contribution < -0.4 is 14.5 Å². The highest BCUT2D eigenvalue weighted by Gasteiger charge is 2.46. The fraction of sp³-hybridized carbons (Fsp3) is 0.154. The largest absolute Gasteiger partial charge is 0.503 e. The summed E-state index contributed by atoms with van der Waals surface area (Å²) in [5, 5.41) is 11.5. The summed E-state index contributed by atoms with van der Waals surface area (Å²) in [6.07, 6.45) is 1.46. The Morgan fingerprint density at radius 1 is 1.09 bits per heavy atom. The minimum Gasteiger partial charge on any atom is -0.503 e. The van der Waals surface area contributed by atoms with Gasteiger partial charge in [-0.05, 0) is 48.5 Å². The summed E-state index contributed by atoms with van der Waals surface area (Å²) in [6.45, 7) is 0. The van der Waals surface area contributed by atoms with E-state index in [2.05, 4.69) is 0 Å². The van der Waals surface area contributed by atoms with Crippen molar-refractivity contribution in [2.75, 3.05) is 31.0 Å². The van der Waals surface area contributed by atoms with Gasteiger partial charge in [0.15, 0.2) is 22.9 Å². The van der Waals surface area contributed by atoms with Crippen molar-refractivity contribution in [3.63, 3.8) is 0 Å². The molecule has 0 bridgehead atoms. The number of anilines is 2. The van der Waals surface area contributed by atoms with Crippen LogP contribution in [-0.2, 0) is 4.79 Å². The van der Waals surface area contributed by atoms with Gasteiger partial charge in [0.2, 0.25) is 5.78 Å². The quantitative estimate of drug-likeness (QED) is 0.411. The van der Waals surface area contributed by atoms with Crippen molar-refractivity contribution in [2.24, 2.45) is 0 Å². The molecule has 1 aliphatic rings. The molecule has 0 aliphatic carbocycles. The molecular formula is C26H22N2O6. The number of fused-ring (bicyclic) bond motifs is 1. The lowest BCUT2D eigenvalue weighted by molar-refractivity contribution is -0.117. The number of hydrogen-bond donors (Lipinski definition) is 1. The minimum atomic E-state index is -0.963. The topological polar surface area (TPSA) is 96.4 Å². The third-order valence-electron chi connectivity index (χ3n) is 5.86. The number of furan rings is 2. The molecule has 172 valence electrons. The maximum Gasteiger partial charge on any atom is 0.294 e. The summed E-state index contributed by atoms with van der Waals surface area (Å²) in [5.74, 6) is -1.16. The smallest absolute Gasteiger partial charge is 0.294 e. The second-order valence-corrected chi connectivity index (χ2v) is 8.08. The Morgan fingerprint density at radius 3 is 2.50 bits per heavy atom. The molecule has 0 fully saturated rings. The van der Waals surface area contributed by atoms with Crippen molar-refractivity contribution in [1.82, 2.24) is 0 Å². The maximum atomic E-state index is 13.6. The highest BCUT2D eigenvalue weighted by atomic mass is 16.5. The number of aliphatic hydroxyl groups is 1. The molecule has 3 heterocycles. The maximum absolute atomic E-state index is 13.6. The highest BCUT2D eigenvalue weighted by molar-refractivity contribution is 6.20. The van der Waals surface area contributed by atoms with E-state index in [0.717, 1.165) is 5.69 Å². The number of methoxy groups -OCH3 is 1. The SMILES string of the molecule is COc1cccc2cc(C(=O)C3=C(O)C(=O)N(c4ccc(N(C)C)cc4)C3c3ccco3)oc12. The van der Waals surface area contributed by atoms with Crippen LogP contribution in [0.1, 0.15) is 22.4 Å². The Balaban J connectivity index is 1.61. The van der Waals surface area contributed by atoms with Gasteiger partial charge in [0.25, 0.3) is 5.91 Å². The van der Waals surface area contributed by atoms with E-state index in [4.69, 9.17) is 13.6 Å². The number of carbonyl (C=O) groups is 2. The van der Waals surface area contributed by atoms with Crippen LogP contribution in [0.25, 0.3) is 11.0 Å². The molecule has 8 nitrogen and oxygen atoms in total. The number of ketones is 1. The molecule has 34 heavy (non-hydrogen) atoms. The fourth-order valence-corrected chi connectivity index (χ4v) is 4.17. The van der Waals surface area contributed by atoms with Crippen LogP contribution >= 0.6 is 0 Å². The summed E-state index contributed by atoms with van der Waals surface area (Å²) in [5.41, 5.74) is 1.74. The molecule has 0 saturated heterocycles. The number of hydrogen-bond acceptors (Lipinski definition) is 7. The van der Waals surface area contributed by atoms with Crippen LogP contribution in [0.15, 0.2) is 87.1 Å². The van der Waals surface area contributed by atoms with Gasteiger partial charge in [-0.25, -0.2) is 0 Å².